The van der Waals surface area contributed by atoms with Crippen molar-refractivity contribution in [2.75, 3.05) is 47.5 Å². The number of benzene rings is 2. The lowest BCUT2D eigenvalue weighted by Gasteiger charge is -2.35. The van der Waals surface area contributed by atoms with Crippen molar-refractivity contribution in [3.05, 3.63) is 52.0 Å². The number of halogens is 1. The molecule has 29 heavy (non-hydrogen) atoms. The van der Waals surface area contributed by atoms with E-state index in [0.29, 0.717) is 35.2 Å². The first kappa shape index (κ1) is 21.3. The van der Waals surface area contributed by atoms with Crippen molar-refractivity contribution in [2.45, 2.75) is 13.5 Å². The molecule has 2 aromatic carbocycles. The van der Waals surface area contributed by atoms with E-state index in [2.05, 4.69) is 4.90 Å². The smallest absolute Gasteiger partial charge is 0.254 e. The van der Waals surface area contributed by atoms with Gasteiger partial charge >= 0.3 is 0 Å². The maximum Gasteiger partial charge on any atom is 0.254 e. The van der Waals surface area contributed by atoms with Crippen molar-refractivity contribution in [2.24, 2.45) is 0 Å². The van der Waals surface area contributed by atoms with Gasteiger partial charge in [-0.25, -0.2) is 0 Å². The molecule has 7 heteroatoms. The zero-order chi connectivity index (χ0) is 21.0. The minimum absolute atomic E-state index is 0.0124. The highest BCUT2D eigenvalue weighted by Gasteiger charge is 2.24. The molecular weight excluding hydrogens is 392 g/mol. The van der Waals surface area contributed by atoms with E-state index in [0.717, 1.165) is 36.5 Å². The fourth-order valence-electron chi connectivity index (χ4n) is 3.61. The second kappa shape index (κ2) is 9.37. The van der Waals surface area contributed by atoms with E-state index in [1.165, 1.54) is 0 Å². The van der Waals surface area contributed by atoms with E-state index in [1.807, 2.05) is 30.0 Å². The molecule has 0 radical (unpaired) electrons. The summed E-state index contributed by atoms with van der Waals surface area (Å²) in [5.41, 5.74) is 2.51. The Morgan fingerprint density at radius 1 is 0.931 bits per heavy atom. The highest BCUT2D eigenvalue weighted by Crippen LogP contribution is 2.30. The third-order valence-electron chi connectivity index (χ3n) is 5.30. The van der Waals surface area contributed by atoms with Gasteiger partial charge in [0, 0.05) is 54.4 Å². The van der Waals surface area contributed by atoms with Crippen LogP contribution in [0.4, 0.5) is 0 Å². The number of carbonyl (C=O) groups is 1. The van der Waals surface area contributed by atoms with Crippen LogP contribution in [0.5, 0.6) is 17.2 Å². The topological polar surface area (TPSA) is 51.2 Å². The lowest BCUT2D eigenvalue weighted by Crippen LogP contribution is -2.48. The third kappa shape index (κ3) is 4.77. The Balaban J connectivity index is 1.67. The number of ether oxygens (including phenoxy) is 3. The number of amides is 1. The van der Waals surface area contributed by atoms with Crippen molar-refractivity contribution in [3.8, 4) is 17.2 Å². The van der Waals surface area contributed by atoms with Gasteiger partial charge in [0.1, 0.15) is 17.2 Å². The lowest BCUT2D eigenvalue weighted by molar-refractivity contribution is 0.0626. The van der Waals surface area contributed by atoms with E-state index in [4.69, 9.17) is 25.8 Å². The fraction of sp³-hybridized carbons (Fsp3) is 0.409. The average Bonchev–Trinajstić information content (AvgIpc) is 2.74. The van der Waals surface area contributed by atoms with Crippen molar-refractivity contribution in [1.29, 1.82) is 0 Å². The predicted octanol–water partition coefficient (Wildman–Crippen LogP) is 3.63. The second-order valence-corrected chi connectivity index (χ2v) is 7.47. The van der Waals surface area contributed by atoms with Gasteiger partial charge in [0.25, 0.3) is 5.91 Å². The maximum absolute atomic E-state index is 13.0. The number of carbonyl (C=O) groups excluding carboxylic acids is 1. The van der Waals surface area contributed by atoms with Crippen LogP contribution in [0.1, 0.15) is 21.5 Å². The van der Waals surface area contributed by atoms with Gasteiger partial charge in [-0.15, -0.1) is 0 Å². The standard InChI is InChI=1S/C22H27ClN2O4/c1-15-20(28-3)12-16(13-21(15)29-4)22(26)25-9-7-24(8-10-25)14-17-11-18(23)5-6-19(17)27-2/h5-6,11-13H,7-10,14H2,1-4H3. The highest BCUT2D eigenvalue weighted by molar-refractivity contribution is 6.30. The molecule has 1 aliphatic heterocycles. The molecule has 1 heterocycles. The molecule has 0 aliphatic carbocycles. The molecular formula is C22H27ClN2O4. The van der Waals surface area contributed by atoms with Gasteiger partial charge in [-0.2, -0.15) is 0 Å². The van der Waals surface area contributed by atoms with Crippen molar-refractivity contribution < 1.29 is 19.0 Å². The van der Waals surface area contributed by atoms with Crippen LogP contribution in [0.2, 0.25) is 5.02 Å². The molecule has 156 valence electrons. The van der Waals surface area contributed by atoms with Gasteiger partial charge in [0.15, 0.2) is 0 Å². The third-order valence-corrected chi connectivity index (χ3v) is 5.53. The first-order valence-electron chi connectivity index (χ1n) is 9.53. The van der Waals surface area contributed by atoms with Crippen LogP contribution in [0.15, 0.2) is 30.3 Å². The van der Waals surface area contributed by atoms with E-state index in [-0.39, 0.29) is 5.91 Å². The molecule has 1 amide bonds. The Morgan fingerprint density at radius 2 is 1.52 bits per heavy atom. The quantitative estimate of drug-likeness (QED) is 0.717. The zero-order valence-electron chi connectivity index (χ0n) is 17.3. The lowest BCUT2D eigenvalue weighted by atomic mass is 10.1. The molecule has 1 saturated heterocycles. The first-order valence-corrected chi connectivity index (χ1v) is 9.91. The van der Waals surface area contributed by atoms with Gasteiger partial charge in [0.2, 0.25) is 0 Å². The number of rotatable bonds is 6. The summed E-state index contributed by atoms with van der Waals surface area (Å²) >= 11 is 6.14. The average molecular weight is 419 g/mol. The molecule has 3 rings (SSSR count). The number of hydrogen-bond acceptors (Lipinski definition) is 5. The van der Waals surface area contributed by atoms with E-state index >= 15 is 0 Å². The summed E-state index contributed by atoms with van der Waals surface area (Å²) in [4.78, 5) is 17.2. The zero-order valence-corrected chi connectivity index (χ0v) is 18.1. The largest absolute Gasteiger partial charge is 0.496 e. The molecule has 1 aliphatic rings. The molecule has 0 bridgehead atoms. The molecule has 6 nitrogen and oxygen atoms in total. The summed E-state index contributed by atoms with van der Waals surface area (Å²) < 4.78 is 16.2. The van der Waals surface area contributed by atoms with Crippen LogP contribution in [-0.2, 0) is 6.54 Å². The minimum atomic E-state index is -0.0124. The van der Waals surface area contributed by atoms with Crippen LogP contribution in [-0.4, -0.2) is 63.2 Å². The van der Waals surface area contributed by atoms with Crippen LogP contribution >= 0.6 is 11.6 Å². The highest BCUT2D eigenvalue weighted by atomic mass is 35.5. The molecule has 0 aromatic heterocycles. The summed E-state index contributed by atoms with van der Waals surface area (Å²) in [6, 6.07) is 9.20. The Kier molecular flexibility index (Phi) is 6.87. The Bertz CT molecular complexity index is 854. The van der Waals surface area contributed by atoms with Gasteiger partial charge in [-0.1, -0.05) is 11.6 Å². The monoisotopic (exact) mass is 418 g/mol. The number of nitrogens with zero attached hydrogens (tertiary/aromatic N) is 2. The second-order valence-electron chi connectivity index (χ2n) is 7.03. The maximum atomic E-state index is 13.0. The molecule has 0 spiro atoms. The van der Waals surface area contributed by atoms with E-state index in [1.54, 1.807) is 33.5 Å². The number of methoxy groups -OCH3 is 3. The van der Waals surface area contributed by atoms with Gasteiger partial charge in [0.05, 0.1) is 21.3 Å². The van der Waals surface area contributed by atoms with Crippen LogP contribution in [0.3, 0.4) is 0 Å². The van der Waals surface area contributed by atoms with Gasteiger partial charge in [-0.3, -0.25) is 9.69 Å². The molecule has 0 atom stereocenters. The SMILES string of the molecule is COc1ccc(Cl)cc1CN1CCN(C(=O)c2cc(OC)c(C)c(OC)c2)CC1. The van der Waals surface area contributed by atoms with Crippen molar-refractivity contribution in [1.82, 2.24) is 9.80 Å². The molecule has 1 fully saturated rings. The van der Waals surface area contributed by atoms with Crippen molar-refractivity contribution >= 4 is 17.5 Å². The summed E-state index contributed by atoms with van der Waals surface area (Å²) in [5, 5.41) is 0.692. The Hall–Kier alpha value is -2.44. The normalized spacial score (nSPS) is 14.6. The minimum Gasteiger partial charge on any atom is -0.496 e. The van der Waals surface area contributed by atoms with Gasteiger partial charge < -0.3 is 19.1 Å². The van der Waals surface area contributed by atoms with Gasteiger partial charge in [-0.05, 0) is 37.3 Å². The molecule has 0 saturated carbocycles. The molecule has 0 unspecified atom stereocenters. The summed E-state index contributed by atoms with van der Waals surface area (Å²) in [5.74, 6) is 2.12. The molecule has 0 N–H and O–H groups in total. The number of piperazine rings is 1. The van der Waals surface area contributed by atoms with Crippen molar-refractivity contribution in [3.63, 3.8) is 0 Å². The summed E-state index contributed by atoms with van der Waals surface area (Å²) in [6.07, 6.45) is 0. The van der Waals surface area contributed by atoms with E-state index in [9.17, 15) is 4.79 Å². The Labute approximate surface area is 176 Å². The molecule has 2 aromatic rings. The summed E-state index contributed by atoms with van der Waals surface area (Å²) in [6.45, 7) is 5.51. The van der Waals surface area contributed by atoms with Crippen LogP contribution < -0.4 is 14.2 Å². The number of hydrogen-bond donors (Lipinski definition) is 0. The van der Waals surface area contributed by atoms with Crippen LogP contribution in [0.25, 0.3) is 0 Å². The first-order chi connectivity index (χ1) is 14.0. The van der Waals surface area contributed by atoms with Crippen LogP contribution in [0, 0.1) is 6.92 Å². The fourth-order valence-corrected chi connectivity index (χ4v) is 3.81. The summed E-state index contributed by atoms with van der Waals surface area (Å²) in [7, 11) is 4.85. The Morgan fingerprint density at radius 3 is 2.07 bits per heavy atom. The predicted molar refractivity (Wildman–Crippen MR) is 113 cm³/mol. The van der Waals surface area contributed by atoms with E-state index < -0.39 is 0 Å².